The molecule has 13 heavy (non-hydrogen) atoms. The minimum atomic E-state index is -4.84. The zero-order valence-corrected chi connectivity index (χ0v) is 10.9. The fourth-order valence-corrected chi connectivity index (χ4v) is 1.43. The summed E-state index contributed by atoms with van der Waals surface area (Å²) >= 11 is 0. The van der Waals surface area contributed by atoms with Gasteiger partial charge in [0.15, 0.2) is 4.93 Å². The van der Waals surface area contributed by atoms with Gasteiger partial charge in [0.05, 0.1) is 12.2 Å². The van der Waals surface area contributed by atoms with Crippen LogP contribution in [0.5, 0.6) is 0 Å². The molecule has 5 nitrogen and oxygen atoms in total. The summed E-state index contributed by atoms with van der Waals surface area (Å²) in [6.07, 6.45) is 2.58. The third-order valence-electron chi connectivity index (χ3n) is 1.51. The second-order valence-corrected chi connectivity index (χ2v) is 4.11. The summed E-state index contributed by atoms with van der Waals surface area (Å²) in [7, 11) is -4.84. The zero-order chi connectivity index (χ0) is 9.41. The molecule has 0 fully saturated rings. The van der Waals surface area contributed by atoms with Crippen molar-refractivity contribution in [3.63, 3.8) is 0 Å². The summed E-state index contributed by atoms with van der Waals surface area (Å²) in [6.45, 7) is 0. The predicted molar refractivity (Wildman–Crippen MR) is 39.1 cm³/mol. The average molecular weight is 230 g/mol. The Morgan fingerprint density at radius 2 is 2.08 bits per heavy atom. The molecule has 0 saturated carbocycles. The summed E-state index contributed by atoms with van der Waals surface area (Å²) in [5, 5.41) is 18.0. The molecule has 0 aromatic heterocycles. The van der Waals surface area contributed by atoms with Crippen LogP contribution in [0.1, 0.15) is 6.42 Å². The normalized spacial score (nSPS) is 27.7. The molecule has 0 bridgehead atoms. The van der Waals surface area contributed by atoms with Crippen molar-refractivity contribution in [3.8, 4) is 0 Å². The molecule has 0 heterocycles. The quantitative estimate of drug-likeness (QED) is 0.362. The number of rotatable bonds is 1. The van der Waals surface area contributed by atoms with Gasteiger partial charge >= 0.3 is 51.4 Å². The van der Waals surface area contributed by atoms with Crippen molar-refractivity contribution in [1.29, 1.82) is 0 Å². The van der Waals surface area contributed by atoms with Crippen LogP contribution < -0.4 is 51.4 Å². The van der Waals surface area contributed by atoms with Gasteiger partial charge in [0.2, 0.25) is 0 Å². The first-order chi connectivity index (χ1) is 5.35. The minimum absolute atomic E-state index is 0. The van der Waals surface area contributed by atoms with Gasteiger partial charge in [-0.3, -0.25) is 0 Å². The van der Waals surface area contributed by atoms with E-state index >= 15 is 0 Å². The van der Waals surface area contributed by atoms with E-state index in [9.17, 15) is 18.1 Å². The average Bonchev–Trinajstić information content (AvgIpc) is 1.83. The summed E-state index contributed by atoms with van der Waals surface area (Å²) < 4.78 is 31.4. The molecule has 68 valence electrons. The molecular weight excluding hydrogens is 223 g/mol. The van der Waals surface area contributed by atoms with E-state index in [2.05, 4.69) is 0 Å². The molecule has 0 saturated heterocycles. The van der Waals surface area contributed by atoms with Crippen LogP contribution in [0, 0.1) is 0 Å². The third kappa shape index (κ3) is 3.13. The van der Waals surface area contributed by atoms with Crippen molar-refractivity contribution in [3.05, 3.63) is 24.0 Å². The number of aliphatic hydroxyl groups is 2. The molecule has 0 aromatic rings. The van der Waals surface area contributed by atoms with E-state index in [0.717, 1.165) is 12.2 Å². The molecule has 1 rings (SSSR count). The predicted octanol–water partition coefficient (Wildman–Crippen LogP) is -3.37. The summed E-state index contributed by atoms with van der Waals surface area (Å²) in [5.74, 6) is -0.334. The van der Waals surface area contributed by atoms with Crippen LogP contribution in [-0.2, 0) is 10.1 Å². The molecule has 0 spiro atoms. The van der Waals surface area contributed by atoms with Crippen LogP contribution in [0.25, 0.3) is 0 Å². The Bertz CT molecular complexity index is 344. The first kappa shape index (κ1) is 13.8. The van der Waals surface area contributed by atoms with Gasteiger partial charge in [-0.25, -0.2) is 8.42 Å². The van der Waals surface area contributed by atoms with Gasteiger partial charge in [0.25, 0.3) is 0 Å². The van der Waals surface area contributed by atoms with Crippen LogP contribution in [0.15, 0.2) is 24.0 Å². The van der Waals surface area contributed by atoms with Crippen molar-refractivity contribution in [2.24, 2.45) is 0 Å². The van der Waals surface area contributed by atoms with Gasteiger partial charge < -0.3 is 14.8 Å². The summed E-state index contributed by atoms with van der Waals surface area (Å²) in [6, 6.07) is 0. The van der Waals surface area contributed by atoms with Gasteiger partial charge in [-0.1, -0.05) is 6.08 Å². The molecule has 0 radical (unpaired) electrons. The van der Waals surface area contributed by atoms with Gasteiger partial charge in [0.1, 0.15) is 10.1 Å². The van der Waals surface area contributed by atoms with Crippen molar-refractivity contribution in [2.45, 2.75) is 11.4 Å². The van der Waals surface area contributed by atoms with Crippen LogP contribution in [0.4, 0.5) is 0 Å². The largest absolute Gasteiger partial charge is 1.00 e. The van der Waals surface area contributed by atoms with E-state index in [4.69, 9.17) is 5.11 Å². The summed E-state index contributed by atoms with van der Waals surface area (Å²) in [4.78, 5) is -2.49. The number of allylic oxidation sites excluding steroid dienone is 2. The fourth-order valence-electron chi connectivity index (χ4n) is 0.859. The number of hydrogen-bond donors (Lipinski definition) is 2. The Morgan fingerprint density at radius 3 is 2.38 bits per heavy atom. The third-order valence-corrected chi connectivity index (χ3v) is 2.66. The van der Waals surface area contributed by atoms with Crippen molar-refractivity contribution in [2.75, 3.05) is 0 Å². The zero-order valence-electron chi connectivity index (χ0n) is 6.97. The molecular formula is C6H7KO5S. The Hall–Kier alpha value is 0.786. The smallest absolute Gasteiger partial charge is 0.745 e. The second-order valence-electron chi connectivity index (χ2n) is 2.49. The van der Waals surface area contributed by atoms with Crippen molar-refractivity contribution < 1.29 is 74.6 Å². The molecule has 0 aliphatic heterocycles. The number of hydrogen-bond acceptors (Lipinski definition) is 5. The Kier molecular flexibility index (Phi) is 4.81. The monoisotopic (exact) mass is 230 g/mol. The minimum Gasteiger partial charge on any atom is -0.745 e. The van der Waals surface area contributed by atoms with Gasteiger partial charge in [0, 0.05) is 0 Å². The van der Waals surface area contributed by atoms with E-state index in [1.54, 1.807) is 0 Å². The van der Waals surface area contributed by atoms with E-state index in [1.165, 1.54) is 6.08 Å². The molecule has 1 aliphatic rings. The Balaban J connectivity index is 0.00000144. The van der Waals surface area contributed by atoms with E-state index < -0.39 is 21.5 Å². The maximum atomic E-state index is 10.5. The molecule has 2 N–H and O–H groups in total. The van der Waals surface area contributed by atoms with Crippen molar-refractivity contribution in [1.82, 2.24) is 0 Å². The van der Waals surface area contributed by atoms with Gasteiger partial charge in [-0.2, -0.15) is 0 Å². The van der Waals surface area contributed by atoms with Crippen LogP contribution in [-0.4, -0.2) is 28.1 Å². The molecule has 7 heteroatoms. The number of aliphatic hydroxyl groups excluding tert-OH is 1. The first-order valence-electron chi connectivity index (χ1n) is 3.10. The Labute approximate surface area is 118 Å². The fraction of sp³-hybridized carbons (Fsp3) is 0.333. The van der Waals surface area contributed by atoms with Gasteiger partial charge in [-0.15, -0.1) is 0 Å². The standard InChI is InChI=1S/C6H8O5S.K/c7-5-2-1-3-6(8,4-5)12(9,10)11;/h1-3,7-8H,4H2,(H,9,10,11);/q;+1/p-1. The SMILES string of the molecule is O=S(=O)([O-])C1(O)C=CC=C(O)C1.[K+]. The molecule has 1 atom stereocenters. The summed E-state index contributed by atoms with van der Waals surface area (Å²) in [5.41, 5.74) is 0. The van der Waals surface area contributed by atoms with Crippen LogP contribution in [0.2, 0.25) is 0 Å². The molecule has 0 amide bonds. The first-order valence-corrected chi connectivity index (χ1v) is 4.51. The van der Waals surface area contributed by atoms with E-state index in [0.29, 0.717) is 0 Å². The maximum absolute atomic E-state index is 10.5. The molecule has 1 aliphatic carbocycles. The maximum Gasteiger partial charge on any atom is 1.00 e. The van der Waals surface area contributed by atoms with Crippen LogP contribution in [0.3, 0.4) is 0 Å². The molecule has 0 aromatic carbocycles. The second kappa shape index (κ2) is 4.54. The van der Waals surface area contributed by atoms with E-state index in [1.807, 2.05) is 0 Å². The molecule has 1 unspecified atom stereocenters. The Morgan fingerprint density at radius 1 is 1.54 bits per heavy atom. The topological polar surface area (TPSA) is 97.7 Å². The van der Waals surface area contributed by atoms with Crippen LogP contribution >= 0.6 is 0 Å². The van der Waals surface area contributed by atoms with Crippen molar-refractivity contribution >= 4 is 10.1 Å². The van der Waals surface area contributed by atoms with Gasteiger partial charge in [-0.05, 0) is 12.2 Å². The van der Waals surface area contributed by atoms with E-state index in [-0.39, 0.29) is 57.1 Å².